The molecule has 0 saturated carbocycles. The number of rotatable bonds is 13. The number of nitrogens with one attached hydrogen (secondary N) is 3. The van der Waals surface area contributed by atoms with Crippen molar-refractivity contribution in [2.45, 2.75) is 90.6 Å². The zero-order chi connectivity index (χ0) is 38.3. The predicted molar refractivity (Wildman–Crippen MR) is 195 cm³/mol. The minimum absolute atomic E-state index is 0.0552. The number of hydroxylamine groups is 2. The molecule has 282 valence electrons. The largest absolute Gasteiger partial charge is 0.486 e. The van der Waals surface area contributed by atoms with Crippen LogP contribution in [0.2, 0.25) is 0 Å². The summed E-state index contributed by atoms with van der Waals surface area (Å²) in [6.07, 6.45) is 4.18. The van der Waals surface area contributed by atoms with E-state index in [0.29, 0.717) is 23.8 Å². The number of fused-ring (bicyclic) bond motifs is 1. The summed E-state index contributed by atoms with van der Waals surface area (Å²) in [7, 11) is 1.82. The molecule has 2 amide bonds. The Bertz CT molecular complexity index is 1330. The van der Waals surface area contributed by atoms with E-state index in [4.69, 9.17) is 46.0 Å². The van der Waals surface area contributed by atoms with Gasteiger partial charge in [0.15, 0.2) is 23.6 Å². The van der Waals surface area contributed by atoms with E-state index in [1.165, 1.54) is 17.6 Å². The standard InChI is InChI=1S/C17H20N4O2S.C6H10N2O4S.C5H14N2O.C2H6.CH2O2/c1-10(14-9-24-17(19)20-14)21-23-11(2)15-6-4-13-7-12(8-18)3-5-16(13)22-15;1-6(2)4(7-3-9)5(10)8(6)12-13-11;1-7-5(4-8)2-3-6;1-2;2-1-3/h3,5,7-9,11,15,18H,4,6H2,1-2H3,(H2,19,20);3-4,11H,1-2H3,(H,7,9);5,7-8H,2-4,6H2,1H3;1-2H3;1H,(H,2,3)/b18-8?,21-10+;;;;. The summed E-state index contributed by atoms with van der Waals surface area (Å²) in [5, 5.41) is 35.6. The van der Waals surface area contributed by atoms with Gasteiger partial charge in [0.1, 0.15) is 29.3 Å². The third-order valence-corrected chi connectivity index (χ3v) is 8.05. The summed E-state index contributed by atoms with van der Waals surface area (Å²) >= 11 is 1.48. The Hall–Kier alpha value is -3.85. The van der Waals surface area contributed by atoms with E-state index in [0.717, 1.165) is 46.9 Å². The molecule has 2 aliphatic heterocycles. The summed E-state index contributed by atoms with van der Waals surface area (Å²) in [6.45, 7) is 11.8. The average molecular weight is 745 g/mol. The number of hydrogen-bond donors (Lipinski definition) is 8. The van der Waals surface area contributed by atoms with Crippen molar-refractivity contribution >= 4 is 59.5 Å². The fraction of sp³-hybridized carbons (Fsp3) is 0.548. The lowest BCUT2D eigenvalue weighted by Crippen LogP contribution is -2.75. The molecule has 1 aromatic carbocycles. The van der Waals surface area contributed by atoms with E-state index in [1.54, 1.807) is 13.8 Å². The number of carbonyl (C=O) groups is 3. The van der Waals surface area contributed by atoms with E-state index in [9.17, 15) is 9.59 Å². The molecule has 1 saturated heterocycles. The second-order valence-corrected chi connectivity index (χ2v) is 12.0. The highest BCUT2D eigenvalue weighted by Crippen LogP contribution is 2.33. The van der Waals surface area contributed by atoms with Gasteiger partial charge in [-0.1, -0.05) is 19.0 Å². The van der Waals surface area contributed by atoms with Crippen molar-refractivity contribution in [3.8, 4) is 5.75 Å². The molecular weight excluding hydrogens is 693 g/mol. The van der Waals surface area contributed by atoms with Crippen molar-refractivity contribution < 1.29 is 43.0 Å². The number of likely N-dealkylation sites (N-methyl/N-ethyl adjacent to an activating group) is 1. The first-order chi connectivity index (χ1) is 23.9. The average Bonchev–Trinajstić information content (AvgIpc) is 3.57. The summed E-state index contributed by atoms with van der Waals surface area (Å²) in [5.74, 6) is 0.485. The third-order valence-electron chi connectivity index (χ3n) is 7.16. The summed E-state index contributed by atoms with van der Waals surface area (Å²) in [5.41, 5.74) is 13.7. The van der Waals surface area contributed by atoms with E-state index < -0.39 is 11.6 Å². The minimum atomic E-state index is -0.631. The number of β-lactam (4-membered cyclic amide) rings is 1. The number of oxime groups is 1. The van der Waals surface area contributed by atoms with Gasteiger partial charge in [-0.25, -0.2) is 4.98 Å². The third kappa shape index (κ3) is 14.6. The van der Waals surface area contributed by atoms with Gasteiger partial charge in [-0.05, 0) is 89.9 Å². The maximum absolute atomic E-state index is 11.2. The fourth-order valence-electron chi connectivity index (χ4n) is 4.37. The van der Waals surface area contributed by atoms with Gasteiger partial charge < -0.3 is 51.9 Å². The Labute approximate surface area is 301 Å². The number of aromatic nitrogens is 1. The van der Waals surface area contributed by atoms with Gasteiger partial charge in [0.2, 0.25) is 6.41 Å². The molecule has 4 unspecified atom stereocenters. The quantitative estimate of drug-likeness (QED) is 0.0482. The number of aryl methyl sites for hydroxylation is 1. The molecule has 3 heterocycles. The van der Waals surface area contributed by atoms with Crippen LogP contribution in [0.3, 0.4) is 0 Å². The van der Waals surface area contributed by atoms with Crippen molar-refractivity contribution in [2.24, 2.45) is 10.9 Å². The molecule has 0 radical (unpaired) electrons. The number of benzene rings is 1. The summed E-state index contributed by atoms with van der Waals surface area (Å²) < 4.78 is 19.0. The number of nitrogen functional groups attached to an aromatic ring is 1. The molecule has 0 aliphatic carbocycles. The van der Waals surface area contributed by atoms with E-state index in [1.807, 2.05) is 58.3 Å². The van der Waals surface area contributed by atoms with Crippen molar-refractivity contribution in [3.05, 3.63) is 40.4 Å². The Morgan fingerprint density at radius 2 is 2.02 bits per heavy atom. The van der Waals surface area contributed by atoms with Gasteiger partial charge in [-0.3, -0.25) is 14.4 Å². The van der Waals surface area contributed by atoms with Crippen molar-refractivity contribution in [1.82, 2.24) is 20.7 Å². The van der Waals surface area contributed by atoms with Crippen molar-refractivity contribution in [3.63, 3.8) is 0 Å². The Balaban J connectivity index is 0.000000775. The minimum Gasteiger partial charge on any atom is -0.486 e. The monoisotopic (exact) mass is 744 g/mol. The molecular formula is C31H52N8O9S2. The highest BCUT2D eigenvalue weighted by atomic mass is 32.2. The highest BCUT2D eigenvalue weighted by molar-refractivity contribution is 7.88. The molecule has 19 heteroatoms. The molecule has 4 atom stereocenters. The first-order valence-electron chi connectivity index (χ1n) is 15.7. The van der Waals surface area contributed by atoms with Crippen LogP contribution in [0.1, 0.15) is 71.2 Å². The van der Waals surface area contributed by atoms with Gasteiger partial charge in [-0.2, -0.15) is 9.35 Å². The molecule has 2 aliphatic rings. The molecule has 1 fully saturated rings. The number of carboxylic acid groups (broad SMARTS) is 1. The normalized spacial score (nSPS) is 18.0. The molecule has 10 N–H and O–H groups in total. The number of thiazole rings is 1. The Morgan fingerprint density at radius 3 is 2.48 bits per heavy atom. The number of amides is 2. The lowest BCUT2D eigenvalue weighted by molar-refractivity contribution is -0.213. The highest BCUT2D eigenvalue weighted by Gasteiger charge is 2.56. The van der Waals surface area contributed by atoms with Crippen LogP contribution in [0.4, 0.5) is 5.13 Å². The topological polar surface area (TPSA) is 268 Å². The number of aliphatic hydroxyl groups excluding tert-OH is 1. The van der Waals surface area contributed by atoms with Gasteiger partial charge in [-0.15, -0.1) is 11.3 Å². The van der Waals surface area contributed by atoms with Crippen LogP contribution < -0.4 is 26.8 Å². The van der Waals surface area contributed by atoms with Gasteiger partial charge >= 0.3 is 0 Å². The SMILES string of the molecule is C/C(=N\OC(C)C1CCc2cc(C=N)ccc2O1)c1csc(N)n1.CC.CC1(C)C(NC=O)C(=O)N1OSO.CNC(CO)CCN.O=CO. The summed E-state index contributed by atoms with van der Waals surface area (Å²) in [4.78, 5) is 39.5. The molecule has 50 heavy (non-hydrogen) atoms. The van der Waals surface area contributed by atoms with Crippen LogP contribution in [0, 0.1) is 5.41 Å². The second-order valence-electron chi connectivity index (χ2n) is 10.8. The second kappa shape index (κ2) is 25.2. The molecule has 2 aromatic rings. The molecule has 0 bridgehead atoms. The number of carbonyl (C=O) groups excluding carboxylic acids is 2. The smallest absolute Gasteiger partial charge is 0.290 e. The van der Waals surface area contributed by atoms with Gasteiger partial charge in [0.25, 0.3) is 12.4 Å². The van der Waals surface area contributed by atoms with Crippen LogP contribution in [0.5, 0.6) is 5.75 Å². The lowest BCUT2D eigenvalue weighted by Gasteiger charge is -2.50. The van der Waals surface area contributed by atoms with Gasteiger partial charge in [0.05, 0.1) is 12.1 Å². The number of ether oxygens (including phenoxy) is 1. The fourth-order valence-corrected chi connectivity index (χ4v) is 5.31. The van der Waals surface area contributed by atoms with E-state index >= 15 is 0 Å². The lowest BCUT2D eigenvalue weighted by atomic mass is 9.85. The molecule has 17 nitrogen and oxygen atoms in total. The van der Waals surface area contributed by atoms with E-state index in [2.05, 4.69) is 25.1 Å². The zero-order valence-electron chi connectivity index (χ0n) is 29.5. The number of nitrogens with zero attached hydrogens (tertiary/aromatic N) is 3. The first kappa shape index (κ1) is 46.1. The summed E-state index contributed by atoms with van der Waals surface area (Å²) in [6, 6.07) is 5.40. The number of nitrogens with two attached hydrogens (primary N) is 2. The molecule has 1 aromatic heterocycles. The van der Waals surface area contributed by atoms with E-state index in [-0.39, 0.29) is 49.6 Å². The van der Waals surface area contributed by atoms with Crippen LogP contribution in [0.25, 0.3) is 0 Å². The number of anilines is 1. The maximum atomic E-state index is 11.2. The van der Waals surface area contributed by atoms with Gasteiger partial charge in [0, 0.05) is 17.6 Å². The Morgan fingerprint density at radius 1 is 1.36 bits per heavy atom. The number of aliphatic hydroxyl groups is 1. The van der Waals surface area contributed by atoms with Crippen molar-refractivity contribution in [1.29, 1.82) is 5.41 Å². The number of hydrogen-bond acceptors (Lipinski definition) is 16. The van der Waals surface area contributed by atoms with Crippen molar-refractivity contribution in [2.75, 3.05) is 25.9 Å². The first-order valence-corrected chi connectivity index (χ1v) is 17.3. The molecule has 0 spiro atoms. The van der Waals surface area contributed by atoms with Crippen LogP contribution >= 0.6 is 23.7 Å². The van der Waals surface area contributed by atoms with Crippen LogP contribution in [0.15, 0.2) is 28.7 Å². The Kier molecular flexibility index (Phi) is 23.2. The predicted octanol–water partition coefficient (Wildman–Crippen LogP) is 2.66. The zero-order valence-corrected chi connectivity index (χ0v) is 31.1. The van der Waals surface area contributed by atoms with Crippen LogP contribution in [-0.4, -0.2) is 106 Å². The van der Waals surface area contributed by atoms with Crippen LogP contribution in [-0.2, 0) is 29.9 Å². The molecule has 4 rings (SSSR count). The maximum Gasteiger partial charge on any atom is 0.290 e.